The zero-order valence-electron chi connectivity index (χ0n) is 13.6. The van der Waals surface area contributed by atoms with Crippen LogP contribution in [0.5, 0.6) is 5.75 Å². The number of alkyl halides is 3. The van der Waals surface area contributed by atoms with Gasteiger partial charge in [-0.1, -0.05) is 12.1 Å². The first-order valence-corrected chi connectivity index (χ1v) is 7.55. The first-order chi connectivity index (χ1) is 12.3. The van der Waals surface area contributed by atoms with Crippen LogP contribution >= 0.6 is 0 Å². The minimum Gasteiger partial charge on any atom is -0.497 e. The summed E-state index contributed by atoms with van der Waals surface area (Å²) in [4.78, 5) is 18.7. The van der Waals surface area contributed by atoms with Gasteiger partial charge in [-0.2, -0.15) is 13.2 Å². The van der Waals surface area contributed by atoms with Gasteiger partial charge in [0.15, 0.2) is 0 Å². The zero-order chi connectivity index (χ0) is 18.7. The van der Waals surface area contributed by atoms with Crippen molar-refractivity contribution in [2.75, 3.05) is 12.4 Å². The van der Waals surface area contributed by atoms with E-state index in [0.717, 1.165) is 12.1 Å². The van der Waals surface area contributed by atoms with E-state index in [0.29, 0.717) is 22.7 Å². The van der Waals surface area contributed by atoms with Crippen molar-refractivity contribution in [2.45, 2.75) is 6.18 Å². The molecule has 8 heteroatoms. The highest BCUT2D eigenvalue weighted by Crippen LogP contribution is 2.30. The lowest BCUT2D eigenvalue weighted by Crippen LogP contribution is -2.11. The number of benzene rings is 2. The number of anilines is 2. The van der Waals surface area contributed by atoms with E-state index < -0.39 is 17.3 Å². The molecule has 0 saturated heterocycles. The molecule has 0 spiro atoms. The molecular formula is C18H14F3N3O2. The average Bonchev–Trinajstić information content (AvgIpc) is 2.61. The number of H-pyrrole nitrogens is 1. The Kier molecular flexibility index (Phi) is 4.66. The van der Waals surface area contributed by atoms with Crippen LogP contribution in [0, 0.1) is 0 Å². The molecule has 0 aliphatic heterocycles. The second-order valence-corrected chi connectivity index (χ2v) is 5.41. The quantitative estimate of drug-likeness (QED) is 0.731. The third-order valence-corrected chi connectivity index (χ3v) is 3.58. The fourth-order valence-corrected chi connectivity index (χ4v) is 2.33. The number of hydrogen-bond acceptors (Lipinski definition) is 4. The molecule has 5 nitrogen and oxygen atoms in total. The highest BCUT2D eigenvalue weighted by atomic mass is 19.4. The van der Waals surface area contributed by atoms with Gasteiger partial charge in [-0.25, -0.2) is 4.98 Å². The molecule has 26 heavy (non-hydrogen) atoms. The molecule has 0 saturated carbocycles. The Morgan fingerprint density at radius 3 is 2.46 bits per heavy atom. The minimum absolute atomic E-state index is 0.120. The van der Waals surface area contributed by atoms with E-state index >= 15 is 0 Å². The molecule has 3 aromatic rings. The smallest absolute Gasteiger partial charge is 0.416 e. The van der Waals surface area contributed by atoms with Gasteiger partial charge in [-0.3, -0.25) is 9.78 Å². The van der Waals surface area contributed by atoms with Crippen LogP contribution in [0.3, 0.4) is 0 Å². The minimum atomic E-state index is -4.41. The van der Waals surface area contributed by atoms with Crippen molar-refractivity contribution in [2.24, 2.45) is 0 Å². The number of ether oxygens (including phenoxy) is 1. The van der Waals surface area contributed by atoms with Gasteiger partial charge in [0.2, 0.25) is 5.95 Å². The monoisotopic (exact) mass is 361 g/mol. The van der Waals surface area contributed by atoms with Crippen LogP contribution < -0.4 is 15.6 Å². The fourth-order valence-electron chi connectivity index (χ4n) is 2.33. The van der Waals surface area contributed by atoms with E-state index in [2.05, 4.69) is 15.3 Å². The van der Waals surface area contributed by atoms with E-state index in [1.807, 2.05) is 0 Å². The Morgan fingerprint density at radius 2 is 1.81 bits per heavy atom. The topological polar surface area (TPSA) is 67.0 Å². The van der Waals surface area contributed by atoms with Crippen molar-refractivity contribution in [3.8, 4) is 17.0 Å². The van der Waals surface area contributed by atoms with Crippen molar-refractivity contribution >= 4 is 11.6 Å². The van der Waals surface area contributed by atoms with Crippen LogP contribution in [0.15, 0.2) is 59.4 Å². The second kappa shape index (κ2) is 6.91. The SMILES string of the molecule is COc1cccc(-c2cc(=O)[nH]c(Nc3ccc(C(F)(F)F)cc3)n2)c1. The molecule has 0 bridgehead atoms. The lowest BCUT2D eigenvalue weighted by atomic mass is 10.1. The standard InChI is InChI=1S/C18H14F3N3O2/c1-26-14-4-2-3-11(9-14)15-10-16(25)24-17(23-15)22-13-7-5-12(6-8-13)18(19,20)21/h2-10H,1H3,(H2,22,23,24,25). The highest BCUT2D eigenvalue weighted by Gasteiger charge is 2.29. The van der Waals surface area contributed by atoms with Crippen LogP contribution in [0.2, 0.25) is 0 Å². The van der Waals surface area contributed by atoms with Crippen LogP contribution in [-0.4, -0.2) is 17.1 Å². The van der Waals surface area contributed by atoms with E-state index in [9.17, 15) is 18.0 Å². The van der Waals surface area contributed by atoms with Crippen molar-refractivity contribution in [1.29, 1.82) is 0 Å². The number of nitrogens with zero attached hydrogens (tertiary/aromatic N) is 1. The lowest BCUT2D eigenvalue weighted by molar-refractivity contribution is -0.137. The van der Waals surface area contributed by atoms with E-state index in [-0.39, 0.29) is 5.95 Å². The Morgan fingerprint density at radius 1 is 1.08 bits per heavy atom. The molecule has 0 aliphatic carbocycles. The highest BCUT2D eigenvalue weighted by molar-refractivity contribution is 5.63. The third-order valence-electron chi connectivity index (χ3n) is 3.58. The molecule has 0 unspecified atom stereocenters. The molecule has 1 heterocycles. The molecule has 1 aromatic heterocycles. The molecule has 0 atom stereocenters. The molecule has 0 amide bonds. The van der Waals surface area contributed by atoms with Gasteiger partial charge in [-0.05, 0) is 36.4 Å². The Bertz CT molecular complexity index is 966. The Balaban J connectivity index is 1.89. The number of aromatic amines is 1. The summed E-state index contributed by atoms with van der Waals surface area (Å²) in [6, 6.07) is 12.8. The summed E-state index contributed by atoms with van der Waals surface area (Å²) < 4.78 is 43.0. The number of rotatable bonds is 4. The molecular weight excluding hydrogens is 347 g/mol. The molecule has 3 rings (SSSR count). The largest absolute Gasteiger partial charge is 0.497 e. The molecule has 2 N–H and O–H groups in total. The van der Waals surface area contributed by atoms with Crippen molar-refractivity contribution < 1.29 is 17.9 Å². The zero-order valence-corrected chi connectivity index (χ0v) is 13.6. The van der Waals surface area contributed by atoms with Crippen molar-refractivity contribution in [3.05, 3.63) is 70.5 Å². The van der Waals surface area contributed by atoms with Gasteiger partial charge in [0.1, 0.15) is 5.75 Å². The summed E-state index contributed by atoms with van der Waals surface area (Å²) in [5.74, 6) is 0.733. The van der Waals surface area contributed by atoms with Crippen molar-refractivity contribution in [3.63, 3.8) is 0 Å². The number of halogens is 3. The number of aromatic nitrogens is 2. The van der Waals surface area contributed by atoms with Gasteiger partial charge in [0.05, 0.1) is 18.4 Å². The van der Waals surface area contributed by atoms with Gasteiger partial charge in [-0.15, -0.1) is 0 Å². The summed E-state index contributed by atoms with van der Waals surface area (Å²) in [7, 11) is 1.53. The van der Waals surface area contributed by atoms with Crippen LogP contribution in [0.4, 0.5) is 24.8 Å². The molecule has 0 fully saturated rings. The van der Waals surface area contributed by atoms with E-state index in [1.54, 1.807) is 24.3 Å². The molecule has 134 valence electrons. The van der Waals surface area contributed by atoms with Gasteiger partial charge < -0.3 is 10.1 Å². The van der Waals surface area contributed by atoms with Crippen molar-refractivity contribution in [1.82, 2.24) is 9.97 Å². The normalized spacial score (nSPS) is 11.2. The van der Waals surface area contributed by atoms with Crippen LogP contribution in [-0.2, 0) is 6.18 Å². The maximum atomic E-state index is 12.6. The first kappa shape index (κ1) is 17.5. The molecule has 2 aromatic carbocycles. The van der Waals surface area contributed by atoms with E-state index in [1.165, 1.54) is 25.3 Å². The maximum Gasteiger partial charge on any atom is 0.416 e. The Hall–Kier alpha value is -3.29. The lowest BCUT2D eigenvalue weighted by Gasteiger charge is -2.10. The summed E-state index contributed by atoms with van der Waals surface area (Å²) in [5.41, 5.74) is 0.291. The van der Waals surface area contributed by atoms with Crippen LogP contribution in [0.25, 0.3) is 11.3 Å². The summed E-state index contributed by atoms with van der Waals surface area (Å²) in [6.07, 6.45) is -4.41. The van der Waals surface area contributed by atoms with E-state index in [4.69, 9.17) is 4.74 Å². The maximum absolute atomic E-state index is 12.6. The third kappa shape index (κ3) is 4.02. The van der Waals surface area contributed by atoms with Crippen LogP contribution in [0.1, 0.15) is 5.56 Å². The molecule has 0 radical (unpaired) electrons. The fraction of sp³-hybridized carbons (Fsp3) is 0.111. The van der Waals surface area contributed by atoms with Gasteiger partial charge in [0.25, 0.3) is 5.56 Å². The first-order valence-electron chi connectivity index (χ1n) is 7.55. The predicted molar refractivity (Wildman–Crippen MR) is 91.6 cm³/mol. The summed E-state index contributed by atoms with van der Waals surface area (Å²) in [5, 5.41) is 2.80. The summed E-state index contributed by atoms with van der Waals surface area (Å²) >= 11 is 0. The average molecular weight is 361 g/mol. The van der Waals surface area contributed by atoms with Gasteiger partial charge >= 0.3 is 6.18 Å². The Labute approximate surface area is 146 Å². The van der Waals surface area contributed by atoms with Gasteiger partial charge in [0, 0.05) is 17.3 Å². The number of hydrogen-bond donors (Lipinski definition) is 2. The predicted octanol–water partition coefficient (Wildman–Crippen LogP) is 4.21. The number of nitrogens with one attached hydrogen (secondary N) is 2. The summed E-state index contributed by atoms with van der Waals surface area (Å²) in [6.45, 7) is 0. The molecule has 0 aliphatic rings. The second-order valence-electron chi connectivity index (χ2n) is 5.41. The number of methoxy groups -OCH3 is 1.